The van der Waals surface area contributed by atoms with Crippen molar-refractivity contribution in [2.75, 3.05) is 0 Å². The molecule has 88 valence electrons. The summed E-state index contributed by atoms with van der Waals surface area (Å²) >= 11 is 0. The molecule has 1 aromatic rings. The van der Waals surface area contributed by atoms with Gasteiger partial charge in [-0.25, -0.2) is 0 Å². The molecule has 0 saturated carbocycles. The van der Waals surface area contributed by atoms with Crippen molar-refractivity contribution in [3.63, 3.8) is 0 Å². The molecule has 4 nitrogen and oxygen atoms in total. The van der Waals surface area contributed by atoms with E-state index in [-0.39, 0.29) is 16.5 Å². The number of aliphatic imine (C=N–C) groups is 1. The second-order valence-corrected chi connectivity index (χ2v) is 4.24. The lowest BCUT2D eigenvalue weighted by atomic mass is 9.88. The molecule has 1 atom stereocenters. The SMILES string of the molecule is CC1=NC(C)=C([N+](=O)[O-])C(c2ccccc2)C1. The minimum Gasteiger partial charge on any atom is -0.259 e. The van der Waals surface area contributed by atoms with E-state index >= 15 is 0 Å². The predicted octanol–water partition coefficient (Wildman–Crippen LogP) is 3.14. The molecule has 1 aromatic carbocycles. The maximum Gasteiger partial charge on any atom is 0.274 e. The van der Waals surface area contributed by atoms with Crippen LogP contribution in [-0.2, 0) is 0 Å². The van der Waals surface area contributed by atoms with Crippen LogP contribution in [0.15, 0.2) is 46.7 Å². The molecule has 1 unspecified atom stereocenters. The van der Waals surface area contributed by atoms with Crippen LogP contribution in [0.1, 0.15) is 31.7 Å². The molecule has 1 aliphatic heterocycles. The average Bonchev–Trinajstić information content (AvgIpc) is 2.28. The molecule has 1 aliphatic rings. The van der Waals surface area contributed by atoms with E-state index in [1.807, 2.05) is 37.3 Å². The van der Waals surface area contributed by atoms with Crippen molar-refractivity contribution in [2.24, 2.45) is 4.99 Å². The molecule has 0 spiro atoms. The van der Waals surface area contributed by atoms with Gasteiger partial charge in [-0.15, -0.1) is 0 Å². The summed E-state index contributed by atoms with van der Waals surface area (Å²) in [6, 6.07) is 9.59. The zero-order valence-electron chi connectivity index (χ0n) is 9.88. The van der Waals surface area contributed by atoms with E-state index in [0.717, 1.165) is 11.3 Å². The monoisotopic (exact) mass is 230 g/mol. The highest BCUT2D eigenvalue weighted by Gasteiger charge is 2.32. The third-order valence-corrected chi connectivity index (χ3v) is 2.96. The van der Waals surface area contributed by atoms with Crippen LogP contribution in [0.3, 0.4) is 0 Å². The summed E-state index contributed by atoms with van der Waals surface area (Å²) in [6.07, 6.45) is 0.623. The smallest absolute Gasteiger partial charge is 0.259 e. The summed E-state index contributed by atoms with van der Waals surface area (Å²) in [5.41, 5.74) is 2.67. The highest BCUT2D eigenvalue weighted by atomic mass is 16.6. The fraction of sp³-hybridized carbons (Fsp3) is 0.308. The minimum absolute atomic E-state index is 0.177. The van der Waals surface area contributed by atoms with E-state index in [1.54, 1.807) is 6.92 Å². The Bertz CT molecular complexity index is 503. The van der Waals surface area contributed by atoms with Gasteiger partial charge in [0.05, 0.1) is 10.8 Å². The van der Waals surface area contributed by atoms with E-state index in [2.05, 4.69) is 4.99 Å². The lowest BCUT2D eigenvalue weighted by Gasteiger charge is -2.19. The Morgan fingerprint density at radius 3 is 2.53 bits per heavy atom. The molecule has 0 N–H and O–H groups in total. The summed E-state index contributed by atoms with van der Waals surface area (Å²) < 4.78 is 0. The highest BCUT2D eigenvalue weighted by Crippen LogP contribution is 2.34. The summed E-state index contributed by atoms with van der Waals surface area (Å²) in [7, 11) is 0. The Labute approximate surface area is 99.8 Å². The molecule has 0 aromatic heterocycles. The Morgan fingerprint density at radius 1 is 1.29 bits per heavy atom. The maximum atomic E-state index is 11.1. The van der Waals surface area contributed by atoms with Crippen molar-refractivity contribution in [2.45, 2.75) is 26.2 Å². The number of hydrogen-bond acceptors (Lipinski definition) is 3. The lowest BCUT2D eigenvalue weighted by Crippen LogP contribution is -2.18. The van der Waals surface area contributed by atoms with Crippen molar-refractivity contribution in [1.29, 1.82) is 0 Å². The quantitative estimate of drug-likeness (QED) is 0.579. The molecule has 2 rings (SSSR count). The van der Waals surface area contributed by atoms with Gasteiger partial charge in [0.1, 0.15) is 5.70 Å². The Kier molecular flexibility index (Phi) is 3.04. The molecule has 4 heteroatoms. The average molecular weight is 230 g/mol. The molecule has 0 bridgehead atoms. The van der Waals surface area contributed by atoms with Crippen molar-refractivity contribution in [3.05, 3.63) is 57.4 Å². The van der Waals surface area contributed by atoms with Gasteiger partial charge in [0.25, 0.3) is 5.70 Å². The van der Waals surface area contributed by atoms with Gasteiger partial charge in [-0.2, -0.15) is 0 Å². The largest absolute Gasteiger partial charge is 0.274 e. The van der Waals surface area contributed by atoms with Crippen LogP contribution in [0.5, 0.6) is 0 Å². The summed E-state index contributed by atoms with van der Waals surface area (Å²) in [5.74, 6) is -0.177. The first kappa shape index (κ1) is 11.5. The topological polar surface area (TPSA) is 55.5 Å². The fourth-order valence-corrected chi connectivity index (χ4v) is 2.25. The van der Waals surface area contributed by atoms with Gasteiger partial charge in [-0.3, -0.25) is 15.1 Å². The van der Waals surface area contributed by atoms with Gasteiger partial charge in [-0.1, -0.05) is 30.3 Å². The first-order valence-electron chi connectivity index (χ1n) is 5.54. The van der Waals surface area contributed by atoms with E-state index in [4.69, 9.17) is 0 Å². The highest BCUT2D eigenvalue weighted by molar-refractivity contribution is 5.85. The lowest BCUT2D eigenvalue weighted by molar-refractivity contribution is -0.431. The molecule has 17 heavy (non-hydrogen) atoms. The van der Waals surface area contributed by atoms with Gasteiger partial charge >= 0.3 is 0 Å². The Morgan fingerprint density at radius 2 is 1.94 bits per heavy atom. The van der Waals surface area contributed by atoms with Crippen LogP contribution >= 0.6 is 0 Å². The second-order valence-electron chi connectivity index (χ2n) is 4.24. The van der Waals surface area contributed by atoms with Gasteiger partial charge in [0.15, 0.2) is 0 Å². The van der Waals surface area contributed by atoms with Crippen LogP contribution in [0.4, 0.5) is 0 Å². The van der Waals surface area contributed by atoms with E-state index in [9.17, 15) is 10.1 Å². The number of nitrogens with zero attached hydrogens (tertiary/aromatic N) is 2. The van der Waals surface area contributed by atoms with Crippen LogP contribution in [0.2, 0.25) is 0 Å². The molecule has 0 fully saturated rings. The van der Waals surface area contributed by atoms with Crippen LogP contribution < -0.4 is 0 Å². The Hall–Kier alpha value is -1.97. The van der Waals surface area contributed by atoms with E-state index in [0.29, 0.717) is 12.1 Å². The summed E-state index contributed by atoms with van der Waals surface area (Å²) in [6.45, 7) is 3.62. The first-order chi connectivity index (χ1) is 8.09. The number of benzene rings is 1. The molecule has 0 radical (unpaired) electrons. The van der Waals surface area contributed by atoms with Crippen molar-refractivity contribution < 1.29 is 4.92 Å². The molecule has 0 amide bonds. The fourth-order valence-electron chi connectivity index (χ4n) is 2.25. The number of allylic oxidation sites excluding steroid dienone is 2. The number of hydrogen-bond donors (Lipinski definition) is 0. The third-order valence-electron chi connectivity index (χ3n) is 2.96. The van der Waals surface area contributed by atoms with Crippen LogP contribution in [0, 0.1) is 10.1 Å². The standard InChI is InChI=1S/C13H14N2O2/c1-9-8-12(11-6-4-3-5-7-11)13(15(16)17)10(2)14-9/h3-7,12H,8H2,1-2H3. The summed E-state index contributed by atoms with van der Waals surface area (Å²) in [4.78, 5) is 15.0. The van der Waals surface area contributed by atoms with E-state index < -0.39 is 0 Å². The molecular formula is C13H14N2O2. The predicted molar refractivity (Wildman–Crippen MR) is 66.6 cm³/mol. The maximum absolute atomic E-state index is 11.1. The van der Waals surface area contributed by atoms with Crippen molar-refractivity contribution in [1.82, 2.24) is 0 Å². The van der Waals surface area contributed by atoms with Crippen molar-refractivity contribution in [3.8, 4) is 0 Å². The van der Waals surface area contributed by atoms with Gasteiger partial charge < -0.3 is 0 Å². The second kappa shape index (κ2) is 4.49. The van der Waals surface area contributed by atoms with E-state index in [1.165, 1.54) is 0 Å². The summed E-state index contributed by atoms with van der Waals surface area (Å²) in [5, 5.41) is 11.1. The van der Waals surface area contributed by atoms with Crippen LogP contribution in [-0.4, -0.2) is 10.6 Å². The number of rotatable bonds is 2. The van der Waals surface area contributed by atoms with Gasteiger partial charge in [0.2, 0.25) is 0 Å². The minimum atomic E-state index is -0.303. The van der Waals surface area contributed by atoms with Gasteiger partial charge in [-0.05, 0) is 19.4 Å². The molecule has 0 aliphatic carbocycles. The number of nitro groups is 1. The molecule has 1 heterocycles. The first-order valence-corrected chi connectivity index (χ1v) is 5.54. The van der Waals surface area contributed by atoms with Crippen molar-refractivity contribution >= 4 is 5.71 Å². The Balaban J connectivity index is 2.48. The normalized spacial score (nSPS) is 20.1. The van der Waals surface area contributed by atoms with Crippen LogP contribution in [0.25, 0.3) is 0 Å². The zero-order valence-corrected chi connectivity index (χ0v) is 9.88. The third kappa shape index (κ3) is 2.25. The van der Waals surface area contributed by atoms with Gasteiger partial charge in [0, 0.05) is 12.1 Å². The zero-order chi connectivity index (χ0) is 12.4. The molecule has 0 saturated heterocycles. The molecular weight excluding hydrogens is 216 g/mol.